The quantitative estimate of drug-likeness (QED) is 0.211. The minimum Gasteiger partial charge on any atom is -0.383 e. The van der Waals surface area contributed by atoms with Crippen LogP contribution in [0.25, 0.3) is 10.9 Å². The van der Waals surface area contributed by atoms with Crippen molar-refractivity contribution in [1.29, 1.82) is 0 Å². The first-order valence-corrected chi connectivity index (χ1v) is 14.2. The number of rotatable bonds is 11. The van der Waals surface area contributed by atoms with Crippen LogP contribution >= 0.6 is 11.3 Å². The van der Waals surface area contributed by atoms with E-state index < -0.39 is 12.2 Å². The minimum atomic E-state index is -0.411. The molecule has 2 aromatic heterocycles. The van der Waals surface area contributed by atoms with Gasteiger partial charge in [-0.05, 0) is 16.7 Å². The molecule has 1 fully saturated rings. The van der Waals surface area contributed by atoms with E-state index in [0.717, 1.165) is 32.5 Å². The zero-order valence-electron chi connectivity index (χ0n) is 22.0. The number of hydrogen-bond acceptors (Lipinski definition) is 8. The van der Waals surface area contributed by atoms with Gasteiger partial charge in [0.05, 0.1) is 42.2 Å². The summed E-state index contributed by atoms with van der Waals surface area (Å²) in [6.07, 6.45) is -0.0403. The molecule has 40 heavy (non-hydrogen) atoms. The summed E-state index contributed by atoms with van der Waals surface area (Å²) >= 11 is 1.56. The molecule has 1 saturated heterocycles. The molecule has 7 nitrogen and oxygen atoms in total. The largest absolute Gasteiger partial charge is 0.383 e. The van der Waals surface area contributed by atoms with Gasteiger partial charge in [0.15, 0.2) is 0 Å². The van der Waals surface area contributed by atoms with Crippen molar-refractivity contribution in [3.63, 3.8) is 0 Å². The van der Waals surface area contributed by atoms with E-state index in [1.54, 1.807) is 11.3 Å². The number of nitrogens with two attached hydrogens (primary N) is 1. The lowest BCUT2D eigenvalue weighted by Gasteiger charge is -2.25. The van der Waals surface area contributed by atoms with Gasteiger partial charge in [0.2, 0.25) is 0 Å². The minimum absolute atomic E-state index is 0.352. The Morgan fingerprint density at radius 1 is 0.725 bits per heavy atom. The van der Waals surface area contributed by atoms with E-state index in [1.165, 1.54) is 6.33 Å². The predicted octanol–water partition coefficient (Wildman–Crippen LogP) is 6.10. The average Bonchev–Trinajstić information content (AvgIpc) is 3.58. The Balaban J connectivity index is 1.29. The number of nitrogen functional groups attached to an aromatic ring is 1. The number of nitrogens with zero attached hydrogens (tertiary/aromatic N) is 2. The first-order valence-electron chi connectivity index (χ1n) is 13.3. The third kappa shape index (κ3) is 6.06. The Morgan fingerprint density at radius 2 is 1.30 bits per heavy atom. The zero-order chi connectivity index (χ0) is 27.1. The molecule has 204 valence electrons. The second-order valence-electron chi connectivity index (χ2n) is 9.74. The summed E-state index contributed by atoms with van der Waals surface area (Å²) < 4.78 is 26.1. The van der Waals surface area contributed by atoms with Gasteiger partial charge >= 0.3 is 0 Å². The van der Waals surface area contributed by atoms with Crippen LogP contribution in [0, 0.1) is 0 Å². The van der Waals surface area contributed by atoms with Crippen molar-refractivity contribution in [2.75, 3.05) is 12.3 Å². The van der Waals surface area contributed by atoms with Gasteiger partial charge in [0.1, 0.15) is 36.6 Å². The fourth-order valence-corrected chi connectivity index (χ4v) is 6.03. The van der Waals surface area contributed by atoms with Crippen LogP contribution in [-0.2, 0) is 38.8 Å². The molecule has 6 rings (SSSR count). The molecule has 1 aliphatic rings. The SMILES string of the molecule is Nc1ncnc2c([C@@H]3O[C@H](COCc4ccccc4)[C@@H](OCc4ccccc4)[C@H]3OCc3ccccc3)scc12. The van der Waals surface area contributed by atoms with Crippen molar-refractivity contribution in [2.45, 2.75) is 44.2 Å². The molecule has 4 atom stereocenters. The topological polar surface area (TPSA) is 88.7 Å². The molecule has 5 aromatic rings. The molecule has 2 N–H and O–H groups in total. The molecular weight excluding hydrogens is 522 g/mol. The van der Waals surface area contributed by atoms with Crippen LogP contribution in [0.3, 0.4) is 0 Å². The number of hydrogen-bond donors (Lipinski definition) is 1. The van der Waals surface area contributed by atoms with Gasteiger partial charge in [0.25, 0.3) is 0 Å². The predicted molar refractivity (Wildman–Crippen MR) is 156 cm³/mol. The number of fused-ring (bicyclic) bond motifs is 1. The number of thiophene rings is 1. The van der Waals surface area contributed by atoms with E-state index >= 15 is 0 Å². The summed E-state index contributed by atoms with van der Waals surface area (Å²) in [6.45, 7) is 1.70. The van der Waals surface area contributed by atoms with Crippen LogP contribution in [0.15, 0.2) is 103 Å². The summed E-state index contributed by atoms with van der Waals surface area (Å²) in [5.41, 5.74) is 10.2. The molecular formula is C32H31N3O4S. The summed E-state index contributed by atoms with van der Waals surface area (Å²) in [5.74, 6) is 0.451. The number of benzene rings is 3. The van der Waals surface area contributed by atoms with Crippen molar-refractivity contribution in [2.24, 2.45) is 0 Å². The number of anilines is 1. The lowest BCUT2D eigenvalue weighted by Crippen LogP contribution is -2.37. The molecule has 0 amide bonds. The normalized spacial score (nSPS) is 20.7. The van der Waals surface area contributed by atoms with E-state index in [9.17, 15) is 0 Å². The Hall–Kier alpha value is -3.66. The van der Waals surface area contributed by atoms with Gasteiger partial charge in [-0.15, -0.1) is 11.3 Å². The zero-order valence-corrected chi connectivity index (χ0v) is 22.8. The van der Waals surface area contributed by atoms with Gasteiger partial charge < -0.3 is 24.7 Å². The van der Waals surface area contributed by atoms with Crippen LogP contribution in [0.1, 0.15) is 27.7 Å². The van der Waals surface area contributed by atoms with Crippen molar-refractivity contribution in [3.8, 4) is 0 Å². The lowest BCUT2D eigenvalue weighted by molar-refractivity contribution is -0.0898. The highest BCUT2D eigenvalue weighted by atomic mass is 32.1. The molecule has 1 aliphatic heterocycles. The van der Waals surface area contributed by atoms with Crippen molar-refractivity contribution in [3.05, 3.63) is 124 Å². The second kappa shape index (κ2) is 12.7. The average molecular weight is 554 g/mol. The molecule has 8 heteroatoms. The van der Waals surface area contributed by atoms with Gasteiger partial charge in [0, 0.05) is 5.38 Å². The Bertz CT molecular complexity index is 1500. The van der Waals surface area contributed by atoms with Crippen LogP contribution < -0.4 is 5.73 Å². The smallest absolute Gasteiger partial charge is 0.135 e. The highest BCUT2D eigenvalue weighted by Crippen LogP contribution is 2.43. The van der Waals surface area contributed by atoms with Gasteiger partial charge in [-0.25, -0.2) is 9.97 Å². The first kappa shape index (κ1) is 26.6. The third-order valence-corrected chi connectivity index (χ3v) is 8.02. The van der Waals surface area contributed by atoms with E-state index in [1.807, 2.05) is 60.0 Å². The summed E-state index contributed by atoms with van der Waals surface area (Å²) in [5, 5.41) is 2.80. The molecule has 3 heterocycles. The summed E-state index contributed by atoms with van der Waals surface area (Å²) in [6, 6.07) is 30.4. The molecule has 0 spiro atoms. The van der Waals surface area contributed by atoms with Crippen LogP contribution in [0.5, 0.6) is 0 Å². The first-order chi connectivity index (χ1) is 19.8. The van der Waals surface area contributed by atoms with E-state index in [-0.39, 0.29) is 12.2 Å². The van der Waals surface area contributed by atoms with Crippen molar-refractivity contribution < 1.29 is 18.9 Å². The van der Waals surface area contributed by atoms with Gasteiger partial charge in [-0.3, -0.25) is 0 Å². The summed E-state index contributed by atoms with van der Waals surface area (Å²) in [4.78, 5) is 9.66. The van der Waals surface area contributed by atoms with Crippen molar-refractivity contribution >= 4 is 28.1 Å². The monoisotopic (exact) mass is 553 g/mol. The molecule has 0 unspecified atom stereocenters. The standard InChI is InChI=1S/C32H31N3O4S/c33-32-25-20-40-31(27(25)34-21-35-32)30-29(38-18-24-14-8-3-9-15-24)28(37-17-23-12-6-2-7-13-23)26(39-30)19-36-16-22-10-4-1-5-11-22/h1-15,20-21,26,28-30H,16-19H2,(H2,33,34,35)/t26-,28-,29-,30-/m1/s1. The molecule has 0 aliphatic carbocycles. The van der Waals surface area contributed by atoms with Crippen molar-refractivity contribution in [1.82, 2.24) is 9.97 Å². The van der Waals surface area contributed by atoms with E-state index in [4.69, 9.17) is 24.7 Å². The van der Waals surface area contributed by atoms with Crippen LogP contribution in [0.2, 0.25) is 0 Å². The highest BCUT2D eigenvalue weighted by molar-refractivity contribution is 7.11. The Labute approximate surface area is 237 Å². The van der Waals surface area contributed by atoms with Crippen LogP contribution in [-0.4, -0.2) is 34.9 Å². The maximum atomic E-state index is 6.73. The van der Waals surface area contributed by atoms with Gasteiger partial charge in [-0.2, -0.15) is 0 Å². The fraction of sp³-hybridized carbons (Fsp3) is 0.250. The highest BCUT2D eigenvalue weighted by Gasteiger charge is 2.48. The van der Waals surface area contributed by atoms with Gasteiger partial charge in [-0.1, -0.05) is 91.0 Å². The van der Waals surface area contributed by atoms with E-state index in [2.05, 4.69) is 46.4 Å². The number of ether oxygens (including phenoxy) is 4. The molecule has 3 aromatic carbocycles. The molecule has 0 radical (unpaired) electrons. The fourth-order valence-electron chi connectivity index (χ4n) is 4.96. The number of aromatic nitrogens is 2. The molecule has 0 bridgehead atoms. The van der Waals surface area contributed by atoms with Crippen LogP contribution in [0.4, 0.5) is 5.82 Å². The maximum absolute atomic E-state index is 6.73. The molecule has 0 saturated carbocycles. The summed E-state index contributed by atoms with van der Waals surface area (Å²) in [7, 11) is 0. The second-order valence-corrected chi connectivity index (χ2v) is 10.7. The Kier molecular flexibility index (Phi) is 8.42. The van der Waals surface area contributed by atoms with E-state index in [0.29, 0.717) is 32.2 Å². The lowest BCUT2D eigenvalue weighted by atomic mass is 10.0. The maximum Gasteiger partial charge on any atom is 0.135 e. The Morgan fingerprint density at radius 3 is 1.93 bits per heavy atom. The third-order valence-electron chi connectivity index (χ3n) is 6.98.